The molecule has 0 aromatic heterocycles. The van der Waals surface area contributed by atoms with Crippen LogP contribution < -0.4 is 0 Å². The van der Waals surface area contributed by atoms with E-state index < -0.39 is 8.32 Å². The molecule has 4 heteroatoms. The molecule has 1 heterocycles. The van der Waals surface area contributed by atoms with E-state index in [1.54, 1.807) is 0 Å². The van der Waals surface area contributed by atoms with Gasteiger partial charge < -0.3 is 13.9 Å². The van der Waals surface area contributed by atoms with Crippen molar-refractivity contribution in [2.45, 2.75) is 116 Å². The molecule has 3 nitrogen and oxygen atoms in total. The van der Waals surface area contributed by atoms with E-state index in [1.165, 1.54) is 64.2 Å². The van der Waals surface area contributed by atoms with Gasteiger partial charge in [0.25, 0.3) is 0 Å². The Hall–Kier alpha value is 0.0969. The predicted molar refractivity (Wildman–Crippen MR) is 110 cm³/mol. The van der Waals surface area contributed by atoms with Crippen LogP contribution in [0.5, 0.6) is 0 Å². The highest BCUT2D eigenvalue weighted by Crippen LogP contribution is 2.36. The zero-order valence-corrected chi connectivity index (χ0v) is 18.7. The molecule has 0 spiro atoms. The lowest BCUT2D eigenvalue weighted by atomic mass is 10.1. The third kappa shape index (κ3) is 10.7. The lowest BCUT2D eigenvalue weighted by Gasteiger charge is -2.36. The van der Waals surface area contributed by atoms with Crippen LogP contribution in [0.2, 0.25) is 18.1 Å². The first-order valence-corrected chi connectivity index (χ1v) is 13.6. The normalized spacial score (nSPS) is 19.3. The molecule has 0 saturated carbocycles. The van der Waals surface area contributed by atoms with E-state index >= 15 is 0 Å². The second-order valence-electron chi connectivity index (χ2n) is 9.10. The number of rotatable bonds is 13. The summed E-state index contributed by atoms with van der Waals surface area (Å²) in [6.07, 6.45) is 14.1. The van der Waals surface area contributed by atoms with E-state index in [0.29, 0.717) is 5.04 Å². The molecule has 1 fully saturated rings. The van der Waals surface area contributed by atoms with Gasteiger partial charge in [-0.15, -0.1) is 0 Å². The molecular weight excluding hydrogens is 328 g/mol. The highest BCUT2D eigenvalue weighted by atomic mass is 28.4. The van der Waals surface area contributed by atoms with Crippen molar-refractivity contribution in [3.63, 3.8) is 0 Å². The van der Waals surface area contributed by atoms with E-state index in [4.69, 9.17) is 13.9 Å². The fraction of sp³-hybridized carbons (Fsp3) is 1.00. The third-order valence-electron chi connectivity index (χ3n) is 5.75. The Morgan fingerprint density at radius 3 is 1.92 bits per heavy atom. The van der Waals surface area contributed by atoms with Gasteiger partial charge in [0.1, 0.15) is 0 Å². The first-order valence-electron chi connectivity index (χ1n) is 10.7. The standard InChI is InChI=1S/C21H44O3Si/c1-21(2,3)25(4,5)24-19-14-11-9-7-6-8-10-13-17-22-20-16-12-15-18-23-20/h20H,6-19H2,1-5H3. The molecule has 0 aromatic carbocycles. The van der Waals surface area contributed by atoms with Crippen LogP contribution in [0.4, 0.5) is 0 Å². The minimum atomic E-state index is -1.53. The Morgan fingerprint density at radius 1 is 0.840 bits per heavy atom. The summed E-state index contributed by atoms with van der Waals surface area (Å²) in [5.74, 6) is 0. The summed E-state index contributed by atoms with van der Waals surface area (Å²) in [4.78, 5) is 0. The Morgan fingerprint density at radius 2 is 1.40 bits per heavy atom. The van der Waals surface area contributed by atoms with Crippen LogP contribution in [0.25, 0.3) is 0 Å². The average Bonchev–Trinajstić information content (AvgIpc) is 2.55. The van der Waals surface area contributed by atoms with Gasteiger partial charge in [-0.25, -0.2) is 0 Å². The van der Waals surface area contributed by atoms with E-state index in [-0.39, 0.29) is 6.29 Å². The number of hydrogen-bond donors (Lipinski definition) is 0. The van der Waals surface area contributed by atoms with Gasteiger partial charge in [-0.3, -0.25) is 0 Å². The summed E-state index contributed by atoms with van der Waals surface area (Å²) < 4.78 is 17.6. The number of unbranched alkanes of at least 4 members (excludes halogenated alkanes) is 7. The Balaban J connectivity index is 1.81. The molecule has 0 aromatic rings. The minimum absolute atomic E-state index is 0.0855. The average molecular weight is 373 g/mol. The largest absolute Gasteiger partial charge is 0.417 e. The van der Waals surface area contributed by atoms with Gasteiger partial charge in [-0.2, -0.15) is 0 Å². The van der Waals surface area contributed by atoms with Crippen molar-refractivity contribution in [2.24, 2.45) is 0 Å². The molecule has 1 rings (SSSR count). The summed E-state index contributed by atoms with van der Waals surface area (Å²) in [6.45, 7) is 14.3. The van der Waals surface area contributed by atoms with Crippen LogP contribution in [0.1, 0.15) is 91.4 Å². The molecule has 1 aliphatic rings. The third-order valence-corrected chi connectivity index (χ3v) is 10.3. The summed E-state index contributed by atoms with van der Waals surface area (Å²) in [5, 5.41) is 0.333. The zero-order chi connectivity index (χ0) is 18.6. The lowest BCUT2D eigenvalue weighted by Crippen LogP contribution is -2.40. The zero-order valence-electron chi connectivity index (χ0n) is 17.7. The molecule has 0 bridgehead atoms. The molecule has 0 amide bonds. The van der Waals surface area contributed by atoms with E-state index in [1.807, 2.05) is 0 Å². The van der Waals surface area contributed by atoms with Crippen LogP contribution in [-0.2, 0) is 13.9 Å². The molecule has 150 valence electrons. The second kappa shape index (κ2) is 12.5. The molecule has 1 unspecified atom stereocenters. The highest BCUT2D eigenvalue weighted by Gasteiger charge is 2.36. The first kappa shape index (κ1) is 23.1. The van der Waals surface area contributed by atoms with E-state index in [9.17, 15) is 0 Å². The van der Waals surface area contributed by atoms with Crippen molar-refractivity contribution in [2.75, 3.05) is 19.8 Å². The van der Waals surface area contributed by atoms with Crippen molar-refractivity contribution < 1.29 is 13.9 Å². The fourth-order valence-corrected chi connectivity index (χ4v) is 3.95. The molecular formula is C21H44O3Si. The lowest BCUT2D eigenvalue weighted by molar-refractivity contribution is -0.162. The van der Waals surface area contributed by atoms with Gasteiger partial charge in [0, 0.05) is 19.8 Å². The van der Waals surface area contributed by atoms with Crippen molar-refractivity contribution in [1.82, 2.24) is 0 Å². The van der Waals surface area contributed by atoms with E-state index in [0.717, 1.165) is 26.2 Å². The topological polar surface area (TPSA) is 27.7 Å². The molecule has 0 radical (unpaired) electrons. The molecule has 1 saturated heterocycles. The Kier molecular flexibility index (Phi) is 11.5. The number of ether oxygens (including phenoxy) is 2. The van der Waals surface area contributed by atoms with Gasteiger partial charge in [-0.05, 0) is 50.2 Å². The predicted octanol–water partition coefficient (Wildman–Crippen LogP) is 6.67. The monoisotopic (exact) mass is 372 g/mol. The molecule has 0 aliphatic carbocycles. The maximum atomic E-state index is 6.23. The second-order valence-corrected chi connectivity index (χ2v) is 13.9. The van der Waals surface area contributed by atoms with Crippen LogP contribution >= 0.6 is 0 Å². The maximum Gasteiger partial charge on any atom is 0.191 e. The van der Waals surface area contributed by atoms with Crippen molar-refractivity contribution in [3.05, 3.63) is 0 Å². The van der Waals surface area contributed by atoms with Gasteiger partial charge in [0.05, 0.1) is 0 Å². The fourth-order valence-electron chi connectivity index (χ4n) is 2.87. The SMILES string of the molecule is CC(C)(C)[Si](C)(C)OCCCCCCCCCCOC1CCCCO1. The smallest absolute Gasteiger partial charge is 0.191 e. The maximum absolute atomic E-state index is 6.23. The van der Waals surface area contributed by atoms with E-state index in [2.05, 4.69) is 33.9 Å². The molecule has 25 heavy (non-hydrogen) atoms. The molecule has 1 atom stereocenters. The Labute approximate surface area is 158 Å². The van der Waals surface area contributed by atoms with Crippen LogP contribution in [0.3, 0.4) is 0 Å². The van der Waals surface area contributed by atoms with Gasteiger partial charge in [-0.1, -0.05) is 59.3 Å². The quantitative estimate of drug-likeness (QED) is 0.267. The Bertz CT molecular complexity index is 320. The summed E-state index contributed by atoms with van der Waals surface area (Å²) >= 11 is 0. The first-order chi connectivity index (χ1) is 11.8. The number of hydrogen-bond acceptors (Lipinski definition) is 3. The van der Waals surface area contributed by atoms with Crippen molar-refractivity contribution in [1.29, 1.82) is 0 Å². The van der Waals surface area contributed by atoms with Crippen molar-refractivity contribution >= 4 is 8.32 Å². The van der Waals surface area contributed by atoms with Crippen LogP contribution in [0.15, 0.2) is 0 Å². The molecule has 0 N–H and O–H groups in total. The summed E-state index contributed by atoms with van der Waals surface area (Å²) in [6, 6.07) is 0. The minimum Gasteiger partial charge on any atom is -0.417 e. The highest BCUT2D eigenvalue weighted by molar-refractivity contribution is 6.74. The summed E-state index contributed by atoms with van der Waals surface area (Å²) in [5.41, 5.74) is 0. The van der Waals surface area contributed by atoms with Gasteiger partial charge in [0.2, 0.25) is 0 Å². The summed E-state index contributed by atoms with van der Waals surface area (Å²) in [7, 11) is -1.53. The van der Waals surface area contributed by atoms with Gasteiger partial charge in [0.15, 0.2) is 14.6 Å². The van der Waals surface area contributed by atoms with Crippen molar-refractivity contribution in [3.8, 4) is 0 Å². The van der Waals surface area contributed by atoms with Crippen LogP contribution in [0, 0.1) is 0 Å². The van der Waals surface area contributed by atoms with Crippen LogP contribution in [-0.4, -0.2) is 34.4 Å². The van der Waals surface area contributed by atoms with Gasteiger partial charge >= 0.3 is 0 Å². The molecule has 1 aliphatic heterocycles.